The van der Waals surface area contributed by atoms with E-state index >= 15 is 0 Å². The largest absolute Gasteiger partial charge is 0.395 e. The smallest absolute Gasteiger partial charge is 0.259 e. The van der Waals surface area contributed by atoms with Crippen LogP contribution in [0.25, 0.3) is 10.2 Å². The number of β-amino-alcohol motifs (C(OH)–C–C–N with tert-alkyl or cyclic N) is 1. The first-order valence-electron chi connectivity index (χ1n) is 8.33. The van der Waals surface area contributed by atoms with Crippen LogP contribution in [0.1, 0.15) is 22.7 Å². The van der Waals surface area contributed by atoms with E-state index in [0.29, 0.717) is 6.54 Å². The fourth-order valence-electron chi connectivity index (χ4n) is 3.65. The molecule has 23 heavy (non-hydrogen) atoms. The maximum absolute atomic E-state index is 12.5. The van der Waals surface area contributed by atoms with Gasteiger partial charge in [-0.05, 0) is 24.8 Å². The van der Waals surface area contributed by atoms with E-state index in [1.54, 1.807) is 11.3 Å². The maximum Gasteiger partial charge on any atom is 0.259 e. The molecule has 2 aromatic rings. The predicted molar refractivity (Wildman–Crippen MR) is 91.1 cm³/mol. The van der Waals surface area contributed by atoms with Crippen molar-refractivity contribution >= 4 is 21.6 Å². The molecule has 1 saturated heterocycles. The molecule has 0 radical (unpaired) electrons. The van der Waals surface area contributed by atoms with Gasteiger partial charge in [-0.3, -0.25) is 14.6 Å². The number of aromatic nitrogens is 2. The van der Waals surface area contributed by atoms with Crippen molar-refractivity contribution in [3.05, 3.63) is 26.6 Å². The molecule has 2 aromatic heterocycles. The van der Waals surface area contributed by atoms with Crippen molar-refractivity contribution in [3.63, 3.8) is 0 Å². The van der Waals surface area contributed by atoms with Crippen LogP contribution in [0.5, 0.6) is 0 Å². The number of fused-ring (bicyclic) bond motifs is 3. The van der Waals surface area contributed by atoms with Gasteiger partial charge in [0.1, 0.15) is 10.7 Å². The molecule has 0 aromatic carbocycles. The zero-order valence-corrected chi connectivity index (χ0v) is 14.0. The molecule has 3 heterocycles. The highest BCUT2D eigenvalue weighted by Gasteiger charge is 2.22. The van der Waals surface area contributed by atoms with Crippen LogP contribution in [-0.4, -0.2) is 64.2 Å². The summed E-state index contributed by atoms with van der Waals surface area (Å²) in [6, 6.07) is 0. The van der Waals surface area contributed by atoms with Crippen molar-refractivity contribution in [2.45, 2.75) is 25.8 Å². The molecule has 2 aliphatic rings. The van der Waals surface area contributed by atoms with Gasteiger partial charge in [0.15, 0.2) is 0 Å². The second-order valence-corrected chi connectivity index (χ2v) is 7.48. The zero-order chi connectivity index (χ0) is 15.8. The molecular formula is C16H22N4O2S. The van der Waals surface area contributed by atoms with Crippen molar-refractivity contribution in [2.75, 3.05) is 39.3 Å². The highest BCUT2D eigenvalue weighted by Crippen LogP contribution is 2.34. The van der Waals surface area contributed by atoms with E-state index in [1.807, 2.05) is 0 Å². The first kappa shape index (κ1) is 15.3. The van der Waals surface area contributed by atoms with Gasteiger partial charge in [-0.15, -0.1) is 11.3 Å². The molecule has 6 nitrogen and oxygen atoms in total. The molecule has 4 rings (SSSR count). The number of aromatic amines is 1. The van der Waals surface area contributed by atoms with E-state index in [-0.39, 0.29) is 12.2 Å². The molecule has 1 fully saturated rings. The van der Waals surface area contributed by atoms with Crippen molar-refractivity contribution in [1.82, 2.24) is 19.8 Å². The minimum absolute atomic E-state index is 0.0308. The lowest BCUT2D eigenvalue weighted by Crippen LogP contribution is -2.46. The van der Waals surface area contributed by atoms with Crippen LogP contribution in [-0.2, 0) is 19.4 Å². The second kappa shape index (κ2) is 6.32. The van der Waals surface area contributed by atoms with E-state index < -0.39 is 0 Å². The Morgan fingerprint density at radius 1 is 1.17 bits per heavy atom. The van der Waals surface area contributed by atoms with Crippen LogP contribution in [0.15, 0.2) is 4.79 Å². The van der Waals surface area contributed by atoms with Gasteiger partial charge in [-0.25, -0.2) is 4.98 Å². The van der Waals surface area contributed by atoms with Gasteiger partial charge in [0.2, 0.25) is 0 Å². The number of aliphatic hydroxyl groups excluding tert-OH is 1. The maximum atomic E-state index is 12.5. The highest BCUT2D eigenvalue weighted by atomic mass is 32.1. The topological polar surface area (TPSA) is 72.5 Å². The quantitative estimate of drug-likeness (QED) is 0.856. The third-order valence-corrected chi connectivity index (χ3v) is 6.06. The van der Waals surface area contributed by atoms with E-state index in [2.05, 4.69) is 14.8 Å². The Labute approximate surface area is 138 Å². The first-order chi connectivity index (χ1) is 11.2. The molecule has 7 heteroatoms. The molecule has 0 saturated carbocycles. The van der Waals surface area contributed by atoms with Crippen molar-refractivity contribution in [1.29, 1.82) is 0 Å². The van der Waals surface area contributed by atoms with Crippen LogP contribution in [0.3, 0.4) is 0 Å². The Bertz CT molecular complexity index is 761. The number of piperazine rings is 1. The summed E-state index contributed by atoms with van der Waals surface area (Å²) in [5.74, 6) is 0.776. The minimum Gasteiger partial charge on any atom is -0.395 e. The normalized spacial score (nSPS) is 19.5. The van der Waals surface area contributed by atoms with Crippen molar-refractivity contribution in [2.24, 2.45) is 0 Å². The van der Waals surface area contributed by atoms with Crippen LogP contribution >= 0.6 is 11.3 Å². The van der Waals surface area contributed by atoms with E-state index in [9.17, 15) is 4.79 Å². The summed E-state index contributed by atoms with van der Waals surface area (Å²) >= 11 is 1.70. The summed E-state index contributed by atoms with van der Waals surface area (Å²) in [4.78, 5) is 27.0. The van der Waals surface area contributed by atoms with Crippen molar-refractivity contribution in [3.8, 4) is 0 Å². The number of H-pyrrole nitrogens is 1. The molecule has 0 spiro atoms. The van der Waals surface area contributed by atoms with Gasteiger partial charge in [-0.2, -0.15) is 0 Å². The number of hydrogen-bond acceptors (Lipinski definition) is 6. The number of aliphatic hydroxyl groups is 1. The molecule has 124 valence electrons. The summed E-state index contributed by atoms with van der Waals surface area (Å²) in [6.07, 6.45) is 3.28. The Kier molecular flexibility index (Phi) is 4.19. The fraction of sp³-hybridized carbons (Fsp3) is 0.625. The van der Waals surface area contributed by atoms with E-state index in [0.717, 1.165) is 68.0 Å². The lowest BCUT2D eigenvalue weighted by Gasteiger charge is -2.33. The molecule has 1 aliphatic heterocycles. The zero-order valence-electron chi connectivity index (χ0n) is 13.2. The number of thiophene rings is 1. The second-order valence-electron chi connectivity index (χ2n) is 6.39. The van der Waals surface area contributed by atoms with Gasteiger partial charge >= 0.3 is 0 Å². The van der Waals surface area contributed by atoms with Crippen molar-refractivity contribution < 1.29 is 5.11 Å². The average molecular weight is 334 g/mol. The van der Waals surface area contributed by atoms with Gasteiger partial charge in [0, 0.05) is 37.6 Å². The number of nitrogens with zero attached hydrogens (tertiary/aromatic N) is 3. The summed E-state index contributed by atoms with van der Waals surface area (Å²) in [5.41, 5.74) is 1.27. The fourth-order valence-corrected chi connectivity index (χ4v) is 4.93. The number of nitrogens with one attached hydrogen (secondary N) is 1. The summed E-state index contributed by atoms with van der Waals surface area (Å²) in [6.45, 7) is 5.47. The lowest BCUT2D eigenvalue weighted by atomic mass is 10.2. The van der Waals surface area contributed by atoms with Crippen LogP contribution in [0, 0.1) is 0 Å². The Morgan fingerprint density at radius 3 is 2.74 bits per heavy atom. The molecule has 2 N–H and O–H groups in total. The molecule has 0 bridgehead atoms. The number of hydrogen-bond donors (Lipinski definition) is 2. The Hall–Kier alpha value is -1.28. The average Bonchev–Trinajstić information content (AvgIpc) is 3.09. The number of rotatable bonds is 4. The minimum atomic E-state index is 0.0308. The molecule has 1 aliphatic carbocycles. The monoisotopic (exact) mass is 334 g/mol. The standard InChI is InChI=1S/C16H22N4O2S/c21-9-8-19-4-6-20(7-5-19)10-13-17-15(22)14-11-2-1-3-12(11)23-16(14)18-13/h21H,1-10H2,(H,17,18,22). The molecular weight excluding hydrogens is 312 g/mol. The summed E-state index contributed by atoms with van der Waals surface area (Å²) < 4.78 is 0. The predicted octanol–water partition coefficient (Wildman–Crippen LogP) is 0.583. The van der Waals surface area contributed by atoms with Crippen LogP contribution in [0.2, 0.25) is 0 Å². The molecule has 0 amide bonds. The highest BCUT2D eigenvalue weighted by molar-refractivity contribution is 7.18. The Balaban J connectivity index is 1.51. The molecule has 0 unspecified atom stereocenters. The summed E-state index contributed by atoms with van der Waals surface area (Å²) in [5, 5.41) is 9.83. The SMILES string of the molecule is O=c1[nH]c(CN2CCN(CCO)CC2)nc2sc3c(c12)CCC3. The van der Waals surface area contributed by atoms with Crippen LogP contribution < -0.4 is 5.56 Å². The Morgan fingerprint density at radius 2 is 1.96 bits per heavy atom. The van der Waals surface area contributed by atoms with Gasteiger partial charge in [-0.1, -0.05) is 0 Å². The summed E-state index contributed by atoms with van der Waals surface area (Å²) in [7, 11) is 0. The van der Waals surface area contributed by atoms with E-state index in [4.69, 9.17) is 10.1 Å². The molecule has 0 atom stereocenters. The number of aryl methyl sites for hydroxylation is 2. The third-order valence-electron chi connectivity index (χ3n) is 4.88. The lowest BCUT2D eigenvalue weighted by molar-refractivity contribution is 0.107. The van der Waals surface area contributed by atoms with Gasteiger partial charge in [0.25, 0.3) is 5.56 Å². The van der Waals surface area contributed by atoms with Gasteiger partial charge in [0.05, 0.1) is 18.5 Å². The van der Waals surface area contributed by atoms with E-state index in [1.165, 1.54) is 10.4 Å². The van der Waals surface area contributed by atoms with Crippen LogP contribution in [0.4, 0.5) is 0 Å². The third kappa shape index (κ3) is 2.94. The van der Waals surface area contributed by atoms with Gasteiger partial charge < -0.3 is 10.1 Å². The first-order valence-corrected chi connectivity index (χ1v) is 9.15.